The van der Waals surface area contributed by atoms with Gasteiger partial charge in [-0.3, -0.25) is 9.59 Å². The molecule has 2 atom stereocenters. The number of aromatic hydroxyl groups is 1. The van der Waals surface area contributed by atoms with Crippen molar-refractivity contribution in [3.63, 3.8) is 0 Å². The summed E-state index contributed by atoms with van der Waals surface area (Å²) in [4.78, 5) is 41.8. The molecule has 0 aliphatic heterocycles. The molecule has 0 saturated heterocycles. The number of amides is 3. The zero-order valence-electron chi connectivity index (χ0n) is 25.2. The maximum Gasteiger partial charge on any atom is 0.408 e. The first-order valence-electron chi connectivity index (χ1n) is 14.1. The van der Waals surface area contributed by atoms with Crippen molar-refractivity contribution in [2.45, 2.75) is 79.0 Å². The van der Waals surface area contributed by atoms with Crippen LogP contribution in [0.15, 0.2) is 60.7 Å². The van der Waals surface area contributed by atoms with Crippen molar-refractivity contribution in [2.75, 3.05) is 11.9 Å². The average Bonchev–Trinajstić information content (AvgIpc) is 2.89. The van der Waals surface area contributed by atoms with Gasteiger partial charge in [-0.25, -0.2) is 4.79 Å². The van der Waals surface area contributed by atoms with Gasteiger partial charge in [-0.2, -0.15) is 0 Å². The Morgan fingerprint density at radius 3 is 2.27 bits per heavy atom. The standard InChI is InChI=1S/C33H43N3O5/c1-21(2)15-16-23(4)36(28(37)20-34-32(40)41-33(5,6)7)29(27-14-10-11-22(3)30(27)38)31(39)35-26-18-17-24-12-8-9-13-25(24)19-26/h8-14,17-19,21,23,29,38H,15-16,20H2,1-7H3,(H,34,40)(H,35,39). The van der Waals surface area contributed by atoms with E-state index in [-0.39, 0.29) is 18.3 Å². The van der Waals surface area contributed by atoms with Crippen LogP contribution >= 0.6 is 0 Å². The van der Waals surface area contributed by atoms with Crippen LogP contribution in [0.1, 0.15) is 71.6 Å². The van der Waals surface area contributed by atoms with Crippen LogP contribution in [-0.2, 0) is 14.3 Å². The van der Waals surface area contributed by atoms with Gasteiger partial charge >= 0.3 is 6.09 Å². The highest BCUT2D eigenvalue weighted by Crippen LogP contribution is 2.35. The van der Waals surface area contributed by atoms with Crippen LogP contribution in [0.2, 0.25) is 0 Å². The number of phenolic OH excluding ortho intramolecular Hbond substituents is 1. The quantitative estimate of drug-likeness (QED) is 0.255. The number of hydrogen-bond acceptors (Lipinski definition) is 5. The van der Waals surface area contributed by atoms with Gasteiger partial charge in [0.2, 0.25) is 5.91 Å². The van der Waals surface area contributed by atoms with E-state index in [0.29, 0.717) is 29.2 Å². The fraction of sp³-hybridized carbons (Fsp3) is 0.424. The van der Waals surface area contributed by atoms with E-state index in [1.807, 2.05) is 49.4 Å². The SMILES string of the molecule is Cc1cccc(C(C(=O)Nc2ccc3ccccc3c2)N(C(=O)CNC(=O)OC(C)(C)C)C(C)CCC(C)C)c1O. The number of carbonyl (C=O) groups is 3. The molecule has 3 rings (SSSR count). The summed E-state index contributed by atoms with van der Waals surface area (Å²) >= 11 is 0. The number of carbonyl (C=O) groups excluding carboxylic acids is 3. The van der Waals surface area contributed by atoms with Crippen molar-refractivity contribution in [3.8, 4) is 5.75 Å². The molecule has 0 radical (unpaired) electrons. The Kier molecular flexibility index (Phi) is 10.4. The van der Waals surface area contributed by atoms with Crippen molar-refractivity contribution >= 4 is 34.4 Å². The van der Waals surface area contributed by atoms with Crippen molar-refractivity contribution in [2.24, 2.45) is 5.92 Å². The molecule has 8 nitrogen and oxygen atoms in total. The van der Waals surface area contributed by atoms with Gasteiger partial charge in [0.1, 0.15) is 23.9 Å². The van der Waals surface area contributed by atoms with E-state index in [1.165, 1.54) is 4.90 Å². The highest BCUT2D eigenvalue weighted by molar-refractivity contribution is 6.00. The summed E-state index contributed by atoms with van der Waals surface area (Å²) < 4.78 is 5.31. The maximum absolute atomic E-state index is 14.1. The van der Waals surface area contributed by atoms with Crippen LogP contribution in [-0.4, -0.2) is 46.1 Å². The molecule has 3 amide bonds. The van der Waals surface area contributed by atoms with E-state index >= 15 is 0 Å². The van der Waals surface area contributed by atoms with Gasteiger partial charge < -0.3 is 25.4 Å². The Bertz CT molecular complexity index is 1380. The molecule has 0 saturated carbocycles. The highest BCUT2D eigenvalue weighted by atomic mass is 16.6. The number of hydrogen-bond donors (Lipinski definition) is 3. The summed E-state index contributed by atoms with van der Waals surface area (Å²) in [5.41, 5.74) is 0.734. The first-order valence-corrected chi connectivity index (χ1v) is 14.1. The van der Waals surface area contributed by atoms with Gasteiger partial charge in [-0.15, -0.1) is 0 Å². The summed E-state index contributed by atoms with van der Waals surface area (Å²) in [6.45, 7) is 12.7. The van der Waals surface area contributed by atoms with Crippen molar-refractivity contribution < 1.29 is 24.2 Å². The van der Waals surface area contributed by atoms with Crippen molar-refractivity contribution in [3.05, 3.63) is 71.8 Å². The molecule has 0 aliphatic rings. The van der Waals surface area contributed by atoms with E-state index in [0.717, 1.165) is 17.2 Å². The van der Waals surface area contributed by atoms with Crippen molar-refractivity contribution in [1.82, 2.24) is 10.2 Å². The molecule has 0 bridgehead atoms. The maximum atomic E-state index is 14.1. The second-order valence-corrected chi connectivity index (χ2v) is 11.9. The topological polar surface area (TPSA) is 108 Å². The van der Waals surface area contributed by atoms with Crippen LogP contribution in [0.25, 0.3) is 10.8 Å². The summed E-state index contributed by atoms with van der Waals surface area (Å²) in [6.07, 6.45) is 0.724. The third-order valence-electron chi connectivity index (χ3n) is 6.81. The Morgan fingerprint density at radius 2 is 1.61 bits per heavy atom. The number of nitrogens with one attached hydrogen (secondary N) is 2. The molecule has 0 aromatic heterocycles. The second-order valence-electron chi connectivity index (χ2n) is 11.9. The number of ether oxygens (including phenoxy) is 1. The molecule has 0 spiro atoms. The normalized spacial score (nSPS) is 13.0. The molecule has 3 aromatic rings. The first kappa shape index (κ1) is 31.5. The molecule has 0 fully saturated rings. The summed E-state index contributed by atoms with van der Waals surface area (Å²) in [5, 5.41) is 18.6. The molecule has 3 aromatic carbocycles. The molecule has 0 heterocycles. The lowest BCUT2D eigenvalue weighted by Crippen LogP contribution is -2.50. The molecule has 8 heteroatoms. The van der Waals surface area contributed by atoms with Gasteiger partial charge in [0.25, 0.3) is 5.91 Å². The molecular formula is C33H43N3O5. The van der Waals surface area contributed by atoms with Gasteiger partial charge in [-0.05, 0) is 81.8 Å². The summed E-state index contributed by atoms with van der Waals surface area (Å²) in [6, 6.07) is 17.0. The predicted molar refractivity (Wildman–Crippen MR) is 163 cm³/mol. The predicted octanol–water partition coefficient (Wildman–Crippen LogP) is 6.71. The number of fused-ring (bicyclic) bond motifs is 1. The highest BCUT2D eigenvalue weighted by Gasteiger charge is 2.37. The van der Waals surface area contributed by atoms with E-state index in [1.54, 1.807) is 45.9 Å². The van der Waals surface area contributed by atoms with Gasteiger partial charge in [0.05, 0.1) is 0 Å². The lowest BCUT2D eigenvalue weighted by atomic mass is 9.96. The molecule has 0 aliphatic carbocycles. The van der Waals surface area contributed by atoms with E-state index in [2.05, 4.69) is 24.5 Å². The lowest BCUT2D eigenvalue weighted by Gasteiger charge is -2.37. The summed E-state index contributed by atoms with van der Waals surface area (Å²) in [5.74, 6) is -0.610. The Balaban J connectivity index is 2.02. The Morgan fingerprint density at radius 1 is 0.927 bits per heavy atom. The average molecular weight is 562 g/mol. The number of nitrogens with zero attached hydrogens (tertiary/aromatic N) is 1. The third-order valence-corrected chi connectivity index (χ3v) is 6.81. The number of para-hydroxylation sites is 1. The number of benzene rings is 3. The largest absolute Gasteiger partial charge is 0.507 e. The van der Waals surface area contributed by atoms with Crippen LogP contribution < -0.4 is 10.6 Å². The Labute approximate surface area is 243 Å². The Hall–Kier alpha value is -4.07. The van der Waals surface area contributed by atoms with Crippen LogP contribution in [0.3, 0.4) is 0 Å². The number of aryl methyl sites for hydroxylation is 1. The fourth-order valence-electron chi connectivity index (χ4n) is 4.71. The molecular weight excluding hydrogens is 518 g/mol. The van der Waals surface area contributed by atoms with Gasteiger partial charge in [0, 0.05) is 17.3 Å². The molecule has 3 N–H and O–H groups in total. The van der Waals surface area contributed by atoms with Crippen molar-refractivity contribution in [1.29, 1.82) is 0 Å². The fourth-order valence-corrected chi connectivity index (χ4v) is 4.71. The van der Waals surface area contributed by atoms with Gasteiger partial charge in [-0.1, -0.05) is 62.4 Å². The van der Waals surface area contributed by atoms with E-state index in [9.17, 15) is 19.5 Å². The zero-order chi connectivity index (χ0) is 30.3. The third kappa shape index (κ3) is 8.71. The number of phenols is 1. The minimum atomic E-state index is -1.16. The number of anilines is 1. The first-order chi connectivity index (χ1) is 19.3. The van der Waals surface area contributed by atoms with Gasteiger partial charge in [0.15, 0.2) is 0 Å². The number of alkyl carbamates (subject to hydrolysis) is 1. The van der Waals surface area contributed by atoms with Crippen LogP contribution in [0, 0.1) is 12.8 Å². The minimum absolute atomic E-state index is 0.0554. The zero-order valence-corrected chi connectivity index (χ0v) is 25.2. The van der Waals surface area contributed by atoms with Crippen LogP contribution in [0.5, 0.6) is 5.75 Å². The van der Waals surface area contributed by atoms with E-state index in [4.69, 9.17) is 4.74 Å². The minimum Gasteiger partial charge on any atom is -0.507 e. The smallest absolute Gasteiger partial charge is 0.408 e. The lowest BCUT2D eigenvalue weighted by molar-refractivity contribution is -0.141. The number of rotatable bonds is 10. The van der Waals surface area contributed by atoms with Crippen LogP contribution in [0.4, 0.5) is 10.5 Å². The van der Waals surface area contributed by atoms with E-state index < -0.39 is 29.6 Å². The molecule has 220 valence electrons. The second kappa shape index (κ2) is 13.5. The molecule has 41 heavy (non-hydrogen) atoms. The monoisotopic (exact) mass is 561 g/mol. The molecule has 2 unspecified atom stereocenters. The summed E-state index contributed by atoms with van der Waals surface area (Å²) in [7, 11) is 0.